The van der Waals surface area contributed by atoms with E-state index in [1.54, 1.807) is 0 Å². The van der Waals surface area contributed by atoms with Crippen LogP contribution in [0.5, 0.6) is 0 Å². The number of nitrogens with zero attached hydrogens (tertiary/aromatic N) is 1. The van der Waals surface area contributed by atoms with Crippen molar-refractivity contribution in [3.05, 3.63) is 0 Å². The van der Waals surface area contributed by atoms with Gasteiger partial charge in [0.15, 0.2) is 0 Å². The summed E-state index contributed by atoms with van der Waals surface area (Å²) in [4.78, 5) is 1.89. The van der Waals surface area contributed by atoms with Gasteiger partial charge in [0.25, 0.3) is 6.43 Å². The average molecular weight is 246 g/mol. The molecular formula is C13H24F2N2. The van der Waals surface area contributed by atoms with E-state index in [0.717, 1.165) is 31.8 Å². The maximum atomic E-state index is 12.2. The first-order valence-corrected chi connectivity index (χ1v) is 6.91. The van der Waals surface area contributed by atoms with Gasteiger partial charge in [-0.05, 0) is 51.6 Å². The summed E-state index contributed by atoms with van der Waals surface area (Å²) in [6.45, 7) is 3.86. The predicted molar refractivity (Wildman–Crippen MR) is 65.4 cm³/mol. The Hall–Kier alpha value is -0.220. The lowest BCUT2D eigenvalue weighted by atomic mass is 9.80. The van der Waals surface area contributed by atoms with Gasteiger partial charge in [-0.15, -0.1) is 0 Å². The highest BCUT2D eigenvalue weighted by Crippen LogP contribution is 2.30. The first-order chi connectivity index (χ1) is 8.15. The third kappa shape index (κ3) is 3.88. The second kappa shape index (κ2) is 6.10. The minimum atomic E-state index is -2.19. The van der Waals surface area contributed by atoms with Crippen LogP contribution in [0, 0.1) is 5.92 Å². The number of hydrogen-bond donors (Lipinski definition) is 1. The second-order valence-electron chi connectivity index (χ2n) is 5.61. The lowest BCUT2D eigenvalue weighted by molar-refractivity contribution is 0.0703. The zero-order valence-electron chi connectivity index (χ0n) is 10.7. The van der Waals surface area contributed by atoms with Crippen molar-refractivity contribution in [2.75, 3.05) is 19.6 Å². The quantitative estimate of drug-likeness (QED) is 0.802. The van der Waals surface area contributed by atoms with Gasteiger partial charge in [0.05, 0.1) is 6.54 Å². The molecule has 2 aliphatic rings. The first-order valence-electron chi connectivity index (χ1n) is 6.91. The van der Waals surface area contributed by atoms with Crippen molar-refractivity contribution >= 4 is 0 Å². The molecule has 1 N–H and O–H groups in total. The summed E-state index contributed by atoms with van der Waals surface area (Å²) in [5, 5.41) is 3.68. The summed E-state index contributed by atoms with van der Waals surface area (Å²) in [5.74, 6) is 0.856. The SMILES string of the molecule is C[C@@H](NC1CCN(CC(F)F)CC1)C1CCC1. The molecule has 1 saturated heterocycles. The maximum Gasteiger partial charge on any atom is 0.251 e. The molecule has 1 atom stereocenters. The van der Waals surface area contributed by atoms with Crippen LogP contribution in [-0.4, -0.2) is 43.0 Å². The molecule has 0 radical (unpaired) electrons. The number of halogens is 2. The molecule has 1 heterocycles. The molecule has 0 aromatic carbocycles. The summed E-state index contributed by atoms with van der Waals surface area (Å²) >= 11 is 0. The average Bonchev–Trinajstić information content (AvgIpc) is 2.17. The molecule has 1 aliphatic carbocycles. The van der Waals surface area contributed by atoms with Gasteiger partial charge in [-0.3, -0.25) is 4.90 Å². The Bertz CT molecular complexity index is 223. The van der Waals surface area contributed by atoms with Crippen molar-refractivity contribution in [1.29, 1.82) is 0 Å². The monoisotopic (exact) mass is 246 g/mol. The molecule has 17 heavy (non-hydrogen) atoms. The van der Waals surface area contributed by atoms with E-state index in [9.17, 15) is 8.78 Å². The largest absolute Gasteiger partial charge is 0.311 e. The van der Waals surface area contributed by atoms with Gasteiger partial charge in [-0.25, -0.2) is 8.78 Å². The molecule has 0 aromatic heterocycles. The molecule has 0 spiro atoms. The van der Waals surface area contributed by atoms with Crippen molar-refractivity contribution in [2.24, 2.45) is 5.92 Å². The molecule has 2 nitrogen and oxygen atoms in total. The lowest BCUT2D eigenvalue weighted by Gasteiger charge is -2.38. The van der Waals surface area contributed by atoms with Gasteiger partial charge in [0, 0.05) is 12.1 Å². The van der Waals surface area contributed by atoms with Crippen LogP contribution in [0.1, 0.15) is 39.0 Å². The van der Waals surface area contributed by atoms with Crippen LogP contribution >= 0.6 is 0 Å². The number of alkyl halides is 2. The zero-order valence-corrected chi connectivity index (χ0v) is 10.7. The van der Waals surface area contributed by atoms with Gasteiger partial charge in [0.1, 0.15) is 0 Å². The van der Waals surface area contributed by atoms with Crippen molar-refractivity contribution < 1.29 is 8.78 Å². The van der Waals surface area contributed by atoms with Crippen molar-refractivity contribution in [2.45, 2.75) is 57.5 Å². The molecule has 2 fully saturated rings. The highest BCUT2D eigenvalue weighted by atomic mass is 19.3. The zero-order chi connectivity index (χ0) is 12.3. The summed E-state index contributed by atoms with van der Waals surface area (Å²) in [6, 6.07) is 1.15. The number of likely N-dealkylation sites (tertiary alicyclic amines) is 1. The maximum absolute atomic E-state index is 12.2. The molecule has 1 saturated carbocycles. The molecule has 0 aromatic rings. The van der Waals surface area contributed by atoms with Gasteiger partial charge in [0.2, 0.25) is 0 Å². The van der Waals surface area contributed by atoms with E-state index in [1.807, 2.05) is 4.90 Å². The van der Waals surface area contributed by atoms with E-state index in [0.29, 0.717) is 12.1 Å². The molecule has 4 heteroatoms. The molecule has 0 bridgehead atoms. The van der Waals surface area contributed by atoms with Crippen LogP contribution in [0.3, 0.4) is 0 Å². The van der Waals surface area contributed by atoms with Crippen molar-refractivity contribution in [3.8, 4) is 0 Å². The fourth-order valence-corrected chi connectivity index (χ4v) is 2.93. The molecule has 1 aliphatic heterocycles. The Balaban J connectivity index is 1.64. The number of rotatable bonds is 5. The van der Waals surface area contributed by atoms with Crippen molar-refractivity contribution in [1.82, 2.24) is 10.2 Å². The van der Waals surface area contributed by atoms with Crippen LogP contribution in [0.4, 0.5) is 8.78 Å². The van der Waals surface area contributed by atoms with E-state index in [-0.39, 0.29) is 6.54 Å². The lowest BCUT2D eigenvalue weighted by Crippen LogP contribution is -2.49. The Morgan fingerprint density at radius 1 is 1.18 bits per heavy atom. The van der Waals surface area contributed by atoms with Crippen LogP contribution in [0.2, 0.25) is 0 Å². The van der Waals surface area contributed by atoms with Crippen LogP contribution in [-0.2, 0) is 0 Å². The summed E-state index contributed by atoms with van der Waals surface area (Å²) < 4.78 is 24.5. The number of hydrogen-bond acceptors (Lipinski definition) is 2. The van der Waals surface area contributed by atoms with Gasteiger partial charge >= 0.3 is 0 Å². The summed E-state index contributed by atoms with van der Waals surface area (Å²) in [6.07, 6.45) is 3.95. The first kappa shape index (κ1) is 13.2. The van der Waals surface area contributed by atoms with Crippen LogP contribution in [0.25, 0.3) is 0 Å². The standard InChI is InChI=1S/C13H24F2N2/c1-10(11-3-2-4-11)16-12-5-7-17(8-6-12)9-13(14)15/h10-13,16H,2-9H2,1H3/t10-/m1/s1. The summed E-state index contributed by atoms with van der Waals surface area (Å²) in [7, 11) is 0. The molecule has 0 amide bonds. The molecule has 0 unspecified atom stereocenters. The van der Waals surface area contributed by atoms with Crippen LogP contribution < -0.4 is 5.32 Å². The fourth-order valence-electron chi connectivity index (χ4n) is 2.93. The Morgan fingerprint density at radius 3 is 2.29 bits per heavy atom. The minimum absolute atomic E-state index is 0.0507. The third-order valence-electron chi connectivity index (χ3n) is 4.34. The van der Waals surface area contributed by atoms with E-state index in [4.69, 9.17) is 0 Å². The van der Waals surface area contributed by atoms with Gasteiger partial charge in [-0.1, -0.05) is 6.42 Å². The highest BCUT2D eigenvalue weighted by Gasteiger charge is 2.27. The van der Waals surface area contributed by atoms with E-state index in [1.165, 1.54) is 19.3 Å². The molecule has 2 rings (SSSR count). The fraction of sp³-hybridized carbons (Fsp3) is 1.00. The van der Waals surface area contributed by atoms with E-state index >= 15 is 0 Å². The second-order valence-corrected chi connectivity index (χ2v) is 5.61. The molecular weight excluding hydrogens is 222 g/mol. The number of piperidine rings is 1. The Kier molecular flexibility index (Phi) is 4.74. The minimum Gasteiger partial charge on any atom is -0.311 e. The Morgan fingerprint density at radius 2 is 1.82 bits per heavy atom. The number of nitrogens with one attached hydrogen (secondary N) is 1. The van der Waals surface area contributed by atoms with Crippen molar-refractivity contribution in [3.63, 3.8) is 0 Å². The normalized spacial score (nSPS) is 26.1. The summed E-state index contributed by atoms with van der Waals surface area (Å²) in [5.41, 5.74) is 0. The van der Waals surface area contributed by atoms with Gasteiger partial charge in [-0.2, -0.15) is 0 Å². The predicted octanol–water partition coefficient (Wildman–Crippen LogP) is 2.49. The van der Waals surface area contributed by atoms with E-state index < -0.39 is 6.43 Å². The third-order valence-corrected chi connectivity index (χ3v) is 4.34. The van der Waals surface area contributed by atoms with Crippen LogP contribution in [0.15, 0.2) is 0 Å². The van der Waals surface area contributed by atoms with Gasteiger partial charge < -0.3 is 5.32 Å². The molecule has 100 valence electrons. The Labute approximate surface area is 103 Å². The smallest absolute Gasteiger partial charge is 0.251 e. The highest BCUT2D eigenvalue weighted by molar-refractivity contribution is 4.85. The topological polar surface area (TPSA) is 15.3 Å². The van der Waals surface area contributed by atoms with E-state index in [2.05, 4.69) is 12.2 Å².